The number of rotatable bonds is 5. The first-order valence-electron chi connectivity index (χ1n) is 10.0. The number of aromatic hydroxyl groups is 1. The highest BCUT2D eigenvalue weighted by atomic mass is 16.5. The van der Waals surface area contributed by atoms with Gasteiger partial charge in [0.2, 0.25) is 11.2 Å². The lowest BCUT2D eigenvalue weighted by atomic mass is 10.1. The molecule has 1 aliphatic heterocycles. The van der Waals surface area contributed by atoms with Gasteiger partial charge in [0.15, 0.2) is 5.58 Å². The molecule has 1 saturated heterocycles. The molecule has 0 saturated carbocycles. The minimum Gasteiger partial charge on any atom is -0.507 e. The molecule has 1 aromatic heterocycles. The number of ether oxygens (including phenoxy) is 2. The normalized spacial score (nSPS) is 14.8. The Hall–Kier alpha value is -2.99. The van der Waals surface area contributed by atoms with Crippen LogP contribution in [0.1, 0.15) is 30.6 Å². The van der Waals surface area contributed by atoms with Gasteiger partial charge in [-0.2, -0.15) is 0 Å². The van der Waals surface area contributed by atoms with Gasteiger partial charge in [-0.05, 0) is 62.6 Å². The summed E-state index contributed by atoms with van der Waals surface area (Å²) in [5.41, 5.74) is 0.901. The van der Waals surface area contributed by atoms with E-state index < -0.39 is 0 Å². The number of hydrogen-bond donors (Lipinski definition) is 2. The van der Waals surface area contributed by atoms with Crippen molar-refractivity contribution in [2.24, 2.45) is 0 Å². The molecule has 0 unspecified atom stereocenters. The lowest BCUT2D eigenvalue weighted by Crippen LogP contribution is -3.11. The summed E-state index contributed by atoms with van der Waals surface area (Å²) in [5, 5.41) is 10.9. The Balaban J connectivity index is 1.72. The first-order chi connectivity index (χ1) is 14.1. The number of fused-ring (bicyclic) bond motifs is 1. The predicted molar refractivity (Wildman–Crippen MR) is 110 cm³/mol. The van der Waals surface area contributed by atoms with Crippen LogP contribution in [0, 0.1) is 6.92 Å². The van der Waals surface area contributed by atoms with Gasteiger partial charge in [0.1, 0.15) is 29.6 Å². The first kappa shape index (κ1) is 19.3. The number of benzene rings is 2. The van der Waals surface area contributed by atoms with Gasteiger partial charge in [-0.25, -0.2) is 0 Å². The van der Waals surface area contributed by atoms with E-state index in [2.05, 4.69) is 0 Å². The highest BCUT2D eigenvalue weighted by Gasteiger charge is 2.22. The second-order valence-electron chi connectivity index (χ2n) is 7.52. The Morgan fingerprint density at radius 3 is 2.41 bits per heavy atom. The Morgan fingerprint density at radius 2 is 1.72 bits per heavy atom. The third-order valence-electron chi connectivity index (χ3n) is 5.53. The summed E-state index contributed by atoms with van der Waals surface area (Å²) in [6.45, 7) is 4.49. The van der Waals surface area contributed by atoms with E-state index in [0.29, 0.717) is 40.3 Å². The highest BCUT2D eigenvalue weighted by molar-refractivity contribution is 5.83. The number of hydrogen-bond acceptors (Lipinski definition) is 5. The summed E-state index contributed by atoms with van der Waals surface area (Å²) < 4.78 is 17.0. The van der Waals surface area contributed by atoms with Gasteiger partial charge in [0.25, 0.3) is 0 Å². The van der Waals surface area contributed by atoms with Crippen LogP contribution in [-0.4, -0.2) is 25.3 Å². The monoisotopic (exact) mass is 396 g/mol. The molecule has 29 heavy (non-hydrogen) atoms. The summed E-state index contributed by atoms with van der Waals surface area (Å²) in [7, 11) is 1.59. The van der Waals surface area contributed by atoms with Crippen LogP contribution >= 0.6 is 0 Å². The molecule has 2 aromatic carbocycles. The van der Waals surface area contributed by atoms with Crippen molar-refractivity contribution in [2.45, 2.75) is 32.7 Å². The van der Waals surface area contributed by atoms with Gasteiger partial charge in [-0.3, -0.25) is 4.79 Å². The maximum absolute atomic E-state index is 13.1. The minimum atomic E-state index is -0.241. The second-order valence-corrected chi connectivity index (χ2v) is 7.52. The van der Waals surface area contributed by atoms with Crippen LogP contribution in [0.3, 0.4) is 0 Å². The minimum absolute atomic E-state index is 0.157. The maximum atomic E-state index is 13.1. The molecule has 0 amide bonds. The summed E-state index contributed by atoms with van der Waals surface area (Å²) >= 11 is 0. The van der Waals surface area contributed by atoms with Crippen molar-refractivity contribution < 1.29 is 23.9 Å². The van der Waals surface area contributed by atoms with E-state index in [9.17, 15) is 9.90 Å². The summed E-state index contributed by atoms with van der Waals surface area (Å²) in [5.74, 6) is 1.95. The van der Waals surface area contributed by atoms with Crippen LogP contribution in [0.2, 0.25) is 0 Å². The maximum Gasteiger partial charge on any atom is 0.235 e. The van der Waals surface area contributed by atoms with E-state index in [1.807, 2.05) is 0 Å². The molecular weight excluding hydrogens is 370 g/mol. The predicted octanol–water partition coefficient (Wildman–Crippen LogP) is 3.18. The third kappa shape index (κ3) is 3.93. The zero-order chi connectivity index (χ0) is 20.4. The Labute approximate surface area is 169 Å². The van der Waals surface area contributed by atoms with E-state index in [4.69, 9.17) is 13.9 Å². The highest BCUT2D eigenvalue weighted by Crippen LogP contribution is 2.31. The van der Waals surface area contributed by atoms with Gasteiger partial charge in [-0.15, -0.1) is 0 Å². The quantitative estimate of drug-likeness (QED) is 0.693. The fraction of sp³-hybridized carbons (Fsp3) is 0.348. The molecule has 6 nitrogen and oxygen atoms in total. The zero-order valence-electron chi connectivity index (χ0n) is 16.8. The molecular formula is C23H26NO5+. The van der Waals surface area contributed by atoms with Gasteiger partial charge in [0, 0.05) is 0 Å². The van der Waals surface area contributed by atoms with Gasteiger partial charge in [-0.1, -0.05) is 0 Å². The molecule has 1 fully saturated rings. The van der Waals surface area contributed by atoms with Crippen molar-refractivity contribution in [3.05, 3.63) is 57.9 Å². The van der Waals surface area contributed by atoms with Gasteiger partial charge in [0.05, 0.1) is 31.1 Å². The van der Waals surface area contributed by atoms with Gasteiger partial charge >= 0.3 is 0 Å². The van der Waals surface area contributed by atoms with Crippen molar-refractivity contribution in [3.8, 4) is 23.0 Å². The molecule has 1 aliphatic rings. The summed E-state index contributed by atoms with van der Waals surface area (Å²) in [4.78, 5) is 14.5. The van der Waals surface area contributed by atoms with Crippen LogP contribution in [0.15, 0.2) is 45.6 Å². The zero-order valence-corrected chi connectivity index (χ0v) is 16.8. The molecule has 2 N–H and O–H groups in total. The van der Waals surface area contributed by atoms with Crippen molar-refractivity contribution in [1.29, 1.82) is 0 Å². The molecule has 0 bridgehead atoms. The second kappa shape index (κ2) is 8.17. The lowest BCUT2D eigenvalue weighted by Gasteiger charge is -2.24. The Morgan fingerprint density at radius 1 is 1.03 bits per heavy atom. The van der Waals surface area contributed by atoms with Crippen molar-refractivity contribution in [2.75, 3.05) is 20.2 Å². The number of phenolic OH excluding ortho intramolecular Hbond substituents is 1. The van der Waals surface area contributed by atoms with Gasteiger partial charge < -0.3 is 23.9 Å². The molecule has 152 valence electrons. The topological polar surface area (TPSA) is 73.3 Å². The number of likely N-dealkylation sites (tertiary alicyclic amines) is 1. The van der Waals surface area contributed by atoms with E-state index in [1.165, 1.54) is 24.2 Å². The Bertz CT molecular complexity index is 1070. The number of piperidine rings is 1. The molecule has 4 rings (SSSR count). The number of nitrogens with one attached hydrogen (secondary N) is 1. The molecule has 0 atom stereocenters. The first-order valence-corrected chi connectivity index (χ1v) is 10.0. The smallest absolute Gasteiger partial charge is 0.235 e. The average molecular weight is 396 g/mol. The molecule has 0 spiro atoms. The van der Waals surface area contributed by atoms with Crippen LogP contribution in [0.4, 0.5) is 0 Å². The van der Waals surface area contributed by atoms with Crippen molar-refractivity contribution in [1.82, 2.24) is 0 Å². The lowest BCUT2D eigenvalue weighted by molar-refractivity contribution is -0.918. The fourth-order valence-electron chi connectivity index (χ4n) is 3.92. The largest absolute Gasteiger partial charge is 0.507 e. The fourth-order valence-corrected chi connectivity index (χ4v) is 3.92. The number of methoxy groups -OCH3 is 1. The Kier molecular flexibility index (Phi) is 5.45. The third-order valence-corrected chi connectivity index (χ3v) is 5.53. The average Bonchev–Trinajstić information content (AvgIpc) is 2.74. The molecule has 2 heterocycles. The van der Waals surface area contributed by atoms with Crippen LogP contribution in [0.25, 0.3) is 11.0 Å². The summed E-state index contributed by atoms with van der Waals surface area (Å²) in [6.07, 6.45) is 3.62. The van der Waals surface area contributed by atoms with E-state index in [-0.39, 0.29) is 16.9 Å². The van der Waals surface area contributed by atoms with Crippen LogP contribution < -0.4 is 19.8 Å². The number of quaternary nitrogens is 1. The number of aryl methyl sites for hydroxylation is 1. The van der Waals surface area contributed by atoms with Crippen molar-refractivity contribution >= 4 is 11.0 Å². The summed E-state index contributed by atoms with van der Waals surface area (Å²) in [6, 6.07) is 10.2. The molecule has 0 aliphatic carbocycles. The van der Waals surface area contributed by atoms with Crippen molar-refractivity contribution in [3.63, 3.8) is 0 Å². The van der Waals surface area contributed by atoms with Crippen LogP contribution in [-0.2, 0) is 6.54 Å². The molecule has 6 heteroatoms. The van der Waals surface area contributed by atoms with Crippen LogP contribution in [0.5, 0.6) is 23.0 Å². The molecule has 3 aromatic rings. The van der Waals surface area contributed by atoms with E-state index in [0.717, 1.165) is 13.1 Å². The van der Waals surface area contributed by atoms with E-state index >= 15 is 0 Å². The standard InChI is InChI=1S/C23H25NO5/c1-15-22(29-17-8-6-16(27-2)7-9-17)21(26)18-10-11-20(25)19(23(18)28-15)14-24-12-4-3-5-13-24/h6-11,25H,3-5,12-14H2,1-2H3/p+1. The molecule has 0 radical (unpaired) electrons. The number of phenols is 1. The SMILES string of the molecule is COc1ccc(Oc2c(C)oc3c(C[NH+]4CCCCC4)c(O)ccc3c2=O)cc1. The van der Waals surface area contributed by atoms with E-state index in [1.54, 1.807) is 50.4 Å².